The van der Waals surface area contributed by atoms with Crippen LogP contribution in [0.3, 0.4) is 0 Å². The van der Waals surface area contributed by atoms with Gasteiger partial charge in [0.1, 0.15) is 0 Å². The first-order chi connectivity index (χ1) is 16.3. The number of nitrogens with one attached hydrogen (secondary N) is 1. The molecule has 2 fully saturated rings. The van der Waals surface area contributed by atoms with Gasteiger partial charge >= 0.3 is 0 Å². The molecule has 7 heteroatoms. The highest BCUT2D eigenvalue weighted by molar-refractivity contribution is 9.10. The topological polar surface area (TPSA) is 53.8 Å². The molecule has 0 amide bonds. The van der Waals surface area contributed by atoms with Gasteiger partial charge in [0.2, 0.25) is 0 Å². The largest absolute Gasteiger partial charge is 0.417 e. The number of likely N-dealkylation sites (tertiary alicyclic amines) is 1. The van der Waals surface area contributed by atoms with Gasteiger partial charge in [-0.05, 0) is 116 Å². The Kier molecular flexibility index (Phi) is 9.66. The maximum Gasteiger partial charge on any atom is 0.191 e. The van der Waals surface area contributed by atoms with Crippen LogP contribution in [0.2, 0.25) is 18.1 Å². The summed E-state index contributed by atoms with van der Waals surface area (Å²) >= 11 is 3.80. The number of piperidine rings is 2. The van der Waals surface area contributed by atoms with Gasteiger partial charge in [-0.15, -0.1) is 0 Å². The quantitative estimate of drug-likeness (QED) is 0.188. The van der Waals surface area contributed by atoms with Gasteiger partial charge in [0, 0.05) is 30.7 Å². The Hall–Kier alpha value is -0.763. The number of benzene rings is 1. The lowest BCUT2D eigenvalue weighted by atomic mass is 9.71. The van der Waals surface area contributed by atoms with Crippen LogP contribution in [0.5, 0.6) is 0 Å². The third-order valence-corrected chi connectivity index (χ3v) is 14.3. The molecule has 2 saturated heterocycles. The van der Waals surface area contributed by atoms with Gasteiger partial charge in [0.15, 0.2) is 8.32 Å². The number of anilines is 3. The minimum Gasteiger partial charge on any atom is -0.417 e. The van der Waals surface area contributed by atoms with Crippen molar-refractivity contribution in [2.75, 3.05) is 62.3 Å². The Labute approximate surface area is 224 Å². The lowest BCUT2D eigenvalue weighted by Gasteiger charge is -2.47. The van der Waals surface area contributed by atoms with Crippen molar-refractivity contribution in [2.24, 2.45) is 11.3 Å². The van der Waals surface area contributed by atoms with Gasteiger partial charge in [-0.2, -0.15) is 0 Å². The summed E-state index contributed by atoms with van der Waals surface area (Å²) in [5.74, 6) is 0.573. The molecule has 1 spiro atoms. The normalized spacial score (nSPS) is 20.3. The monoisotopic (exact) mass is 566 g/mol. The van der Waals surface area contributed by atoms with E-state index in [1.165, 1.54) is 44.5 Å². The summed E-state index contributed by atoms with van der Waals surface area (Å²) in [6.45, 7) is 20.5. The molecule has 0 aliphatic carbocycles. The molecule has 2 aliphatic heterocycles. The summed E-state index contributed by atoms with van der Waals surface area (Å²) < 4.78 is 7.46. The van der Waals surface area contributed by atoms with E-state index in [4.69, 9.17) is 10.2 Å². The first-order valence-electron chi connectivity index (χ1n) is 13.7. The minimum absolute atomic E-state index is 0.277. The van der Waals surface area contributed by atoms with E-state index >= 15 is 0 Å². The predicted molar refractivity (Wildman–Crippen MR) is 159 cm³/mol. The Morgan fingerprint density at radius 2 is 1.71 bits per heavy atom. The van der Waals surface area contributed by atoms with Gasteiger partial charge < -0.3 is 25.3 Å². The van der Waals surface area contributed by atoms with E-state index in [2.05, 4.69) is 91.0 Å². The summed E-state index contributed by atoms with van der Waals surface area (Å²) in [6, 6.07) is 4.34. The Morgan fingerprint density at radius 1 is 1.11 bits per heavy atom. The van der Waals surface area contributed by atoms with Crippen molar-refractivity contribution in [3.63, 3.8) is 0 Å². The van der Waals surface area contributed by atoms with Gasteiger partial charge in [-0.3, -0.25) is 0 Å². The summed E-state index contributed by atoms with van der Waals surface area (Å²) in [6.07, 6.45) is 7.58. The molecule has 0 saturated carbocycles. The van der Waals surface area contributed by atoms with Crippen LogP contribution in [0.15, 0.2) is 16.6 Å². The highest BCUT2D eigenvalue weighted by Crippen LogP contribution is 2.44. The van der Waals surface area contributed by atoms with E-state index in [-0.39, 0.29) is 5.04 Å². The third-order valence-electron chi connectivity index (χ3n) is 9.08. The molecule has 1 aromatic carbocycles. The van der Waals surface area contributed by atoms with Gasteiger partial charge in [0.05, 0.1) is 17.1 Å². The van der Waals surface area contributed by atoms with Crippen molar-refractivity contribution >= 4 is 41.3 Å². The maximum absolute atomic E-state index is 6.41. The Bertz CT molecular complexity index is 823. The molecule has 0 unspecified atom stereocenters. The maximum atomic E-state index is 6.41. The number of nitrogens with zero attached hydrogens (tertiary/aromatic N) is 2. The highest BCUT2D eigenvalue weighted by atomic mass is 79.9. The molecule has 1 aromatic rings. The Balaban J connectivity index is 1.49. The molecule has 0 radical (unpaired) electrons. The molecular weight excluding hydrogens is 516 g/mol. The summed E-state index contributed by atoms with van der Waals surface area (Å²) in [5.41, 5.74) is 10.1. The van der Waals surface area contributed by atoms with Gasteiger partial charge in [-0.25, -0.2) is 0 Å². The molecule has 5 nitrogen and oxygen atoms in total. The lowest BCUT2D eigenvalue weighted by molar-refractivity contribution is 0.0944. The highest BCUT2D eigenvalue weighted by Gasteiger charge is 2.38. The summed E-state index contributed by atoms with van der Waals surface area (Å²) in [7, 11) is 0.612. The van der Waals surface area contributed by atoms with Crippen molar-refractivity contribution in [1.29, 1.82) is 0 Å². The molecule has 3 rings (SSSR count). The van der Waals surface area contributed by atoms with Crippen molar-refractivity contribution < 1.29 is 4.43 Å². The Morgan fingerprint density at radius 3 is 2.31 bits per heavy atom. The number of halogens is 1. The smallest absolute Gasteiger partial charge is 0.191 e. The third kappa shape index (κ3) is 7.62. The summed E-state index contributed by atoms with van der Waals surface area (Å²) in [5, 5.41) is 3.93. The zero-order chi connectivity index (χ0) is 25.9. The van der Waals surface area contributed by atoms with Crippen LogP contribution in [0, 0.1) is 11.3 Å². The molecule has 2 aliphatic rings. The molecule has 1 atom stereocenters. The number of nitrogen functional groups attached to an aromatic ring is 1. The molecule has 200 valence electrons. The number of hydrogen-bond acceptors (Lipinski definition) is 5. The first-order valence-corrected chi connectivity index (χ1v) is 17.4. The molecular formula is C28H51BrN4OSi. The van der Waals surface area contributed by atoms with E-state index in [9.17, 15) is 0 Å². The van der Waals surface area contributed by atoms with Crippen LogP contribution in [-0.4, -0.2) is 59.6 Å². The second kappa shape index (κ2) is 11.7. The second-order valence-electron chi connectivity index (χ2n) is 12.9. The molecule has 0 aromatic heterocycles. The zero-order valence-electron chi connectivity index (χ0n) is 23.5. The average Bonchev–Trinajstić information content (AvgIpc) is 2.78. The zero-order valence-corrected chi connectivity index (χ0v) is 26.1. The van der Waals surface area contributed by atoms with Crippen LogP contribution in [0.25, 0.3) is 0 Å². The minimum atomic E-state index is -1.64. The van der Waals surface area contributed by atoms with Crippen LogP contribution in [0.1, 0.15) is 66.2 Å². The van der Waals surface area contributed by atoms with E-state index in [0.29, 0.717) is 11.3 Å². The summed E-state index contributed by atoms with van der Waals surface area (Å²) in [4.78, 5) is 5.04. The standard InChI is InChI=1S/C28H51BrN4OSi/c1-22(9-8-18-34-35(6,7)27(2,3)4)21-31-25-20-26(23(29)19-24(25)30)33-16-12-28(13-17-33)10-14-32(5)15-11-28/h19-20,22,31H,8-18,21,30H2,1-7H3/t22-/m1/s1. The predicted octanol–water partition coefficient (Wildman–Crippen LogP) is 7.19. The van der Waals surface area contributed by atoms with Gasteiger partial charge in [-0.1, -0.05) is 27.7 Å². The second-order valence-corrected chi connectivity index (χ2v) is 18.6. The van der Waals surface area contributed by atoms with Crippen molar-refractivity contribution in [2.45, 2.75) is 84.4 Å². The average molecular weight is 568 g/mol. The van der Waals surface area contributed by atoms with Crippen molar-refractivity contribution in [3.8, 4) is 0 Å². The van der Waals surface area contributed by atoms with E-state index < -0.39 is 8.32 Å². The van der Waals surface area contributed by atoms with Gasteiger partial charge in [0.25, 0.3) is 0 Å². The van der Waals surface area contributed by atoms with Crippen LogP contribution in [-0.2, 0) is 4.43 Å². The molecule has 35 heavy (non-hydrogen) atoms. The fourth-order valence-electron chi connectivity index (χ4n) is 5.15. The number of rotatable bonds is 9. The fourth-order valence-corrected chi connectivity index (χ4v) is 6.85. The fraction of sp³-hybridized carbons (Fsp3) is 0.786. The molecule has 0 bridgehead atoms. The van der Waals surface area contributed by atoms with E-state index in [0.717, 1.165) is 54.9 Å². The first kappa shape index (κ1) is 28.8. The molecule has 3 N–H and O–H groups in total. The number of nitrogens with two attached hydrogens (primary N) is 1. The molecule has 2 heterocycles. The van der Waals surface area contributed by atoms with Crippen LogP contribution in [0.4, 0.5) is 17.1 Å². The van der Waals surface area contributed by atoms with Crippen LogP contribution >= 0.6 is 15.9 Å². The van der Waals surface area contributed by atoms with E-state index in [1.54, 1.807) is 0 Å². The SMILES string of the molecule is C[C@H](CCCO[Si](C)(C)C(C)(C)C)CNc1cc(N2CCC3(CCN(C)CC3)CC2)c(Br)cc1N. The lowest BCUT2D eigenvalue weighted by Crippen LogP contribution is -2.46. The number of hydrogen-bond donors (Lipinski definition) is 2. The van der Waals surface area contributed by atoms with Crippen molar-refractivity contribution in [3.05, 3.63) is 16.6 Å². The van der Waals surface area contributed by atoms with Crippen molar-refractivity contribution in [1.82, 2.24) is 4.90 Å². The van der Waals surface area contributed by atoms with E-state index in [1.807, 2.05) is 0 Å². The van der Waals surface area contributed by atoms with Crippen LogP contribution < -0.4 is 16.0 Å².